The van der Waals surface area contributed by atoms with Crippen LogP contribution in [0, 0.1) is 5.92 Å². The summed E-state index contributed by atoms with van der Waals surface area (Å²) in [6.45, 7) is 3.36. The van der Waals surface area contributed by atoms with Gasteiger partial charge in [-0.25, -0.2) is 14.4 Å². The average molecular weight is 465 g/mol. The zero-order chi connectivity index (χ0) is 24.8. The SMILES string of the molecule is CC(C)CN(CC(O)C(=O)O)C(=O)N[C@H](C(=O)O)c1ccc(-c2ccc3ccccc3c2)cc1. The second-order valence-electron chi connectivity index (χ2n) is 8.56. The Balaban J connectivity index is 1.80. The third kappa shape index (κ3) is 6.11. The van der Waals surface area contributed by atoms with Crippen LogP contribution in [0.5, 0.6) is 0 Å². The van der Waals surface area contributed by atoms with Crippen LogP contribution in [0.4, 0.5) is 4.79 Å². The van der Waals surface area contributed by atoms with E-state index in [4.69, 9.17) is 5.11 Å². The van der Waals surface area contributed by atoms with Crippen LogP contribution in [-0.4, -0.2) is 57.4 Å². The van der Waals surface area contributed by atoms with Crippen LogP contribution in [0.1, 0.15) is 25.5 Å². The number of aliphatic hydroxyl groups excluding tert-OH is 1. The van der Waals surface area contributed by atoms with Crippen molar-refractivity contribution >= 4 is 28.7 Å². The van der Waals surface area contributed by atoms with Gasteiger partial charge in [0, 0.05) is 6.54 Å². The van der Waals surface area contributed by atoms with Crippen molar-refractivity contribution in [3.8, 4) is 11.1 Å². The molecule has 0 aromatic heterocycles. The molecular weight excluding hydrogens is 436 g/mol. The first-order chi connectivity index (χ1) is 16.2. The predicted molar refractivity (Wildman–Crippen MR) is 128 cm³/mol. The number of urea groups is 1. The molecule has 34 heavy (non-hydrogen) atoms. The Labute approximate surface area is 197 Å². The number of aliphatic hydroxyl groups is 1. The molecule has 3 aromatic carbocycles. The van der Waals surface area contributed by atoms with Gasteiger partial charge >= 0.3 is 18.0 Å². The molecule has 2 amide bonds. The fourth-order valence-corrected chi connectivity index (χ4v) is 3.71. The number of fused-ring (bicyclic) bond motifs is 1. The predicted octanol–water partition coefficient (Wildman–Crippen LogP) is 3.75. The number of carbonyl (C=O) groups is 3. The fraction of sp³-hybridized carbons (Fsp3) is 0.269. The van der Waals surface area contributed by atoms with Crippen molar-refractivity contribution in [1.29, 1.82) is 0 Å². The van der Waals surface area contributed by atoms with Crippen LogP contribution in [0.25, 0.3) is 21.9 Å². The van der Waals surface area contributed by atoms with Gasteiger partial charge in [0.1, 0.15) is 0 Å². The largest absolute Gasteiger partial charge is 0.479 e. The minimum absolute atomic E-state index is 0.0174. The molecule has 0 aliphatic heterocycles. The standard InChI is InChI=1S/C26H28N2O6/c1-16(2)14-28(15-22(29)24(30)31)26(34)27-23(25(32)33)19-10-7-18(8-11-19)21-12-9-17-5-3-4-6-20(17)13-21/h3-13,16,22-23,29H,14-15H2,1-2H3,(H,27,34)(H,30,31)(H,32,33)/t22?,23-/m0/s1. The van der Waals surface area contributed by atoms with E-state index in [1.165, 1.54) is 0 Å². The van der Waals surface area contributed by atoms with Crippen molar-refractivity contribution in [3.05, 3.63) is 72.3 Å². The van der Waals surface area contributed by atoms with Crippen LogP contribution < -0.4 is 5.32 Å². The number of aliphatic carboxylic acids is 2. The van der Waals surface area contributed by atoms with E-state index in [1.54, 1.807) is 24.3 Å². The normalized spacial score (nSPS) is 12.8. The Morgan fingerprint density at radius 2 is 1.44 bits per heavy atom. The van der Waals surface area contributed by atoms with Gasteiger partial charge in [-0.15, -0.1) is 0 Å². The van der Waals surface area contributed by atoms with Crippen molar-refractivity contribution in [2.24, 2.45) is 5.92 Å². The highest BCUT2D eigenvalue weighted by atomic mass is 16.4. The number of benzene rings is 3. The first-order valence-corrected chi connectivity index (χ1v) is 10.9. The third-order valence-electron chi connectivity index (χ3n) is 5.39. The molecule has 0 fully saturated rings. The number of hydrogen-bond acceptors (Lipinski definition) is 4. The summed E-state index contributed by atoms with van der Waals surface area (Å²) in [5, 5.41) is 33.1. The number of carboxylic acid groups (broad SMARTS) is 2. The lowest BCUT2D eigenvalue weighted by molar-refractivity contribution is -0.147. The summed E-state index contributed by atoms with van der Waals surface area (Å²) in [7, 11) is 0. The lowest BCUT2D eigenvalue weighted by Gasteiger charge is -2.27. The van der Waals surface area contributed by atoms with E-state index in [0.717, 1.165) is 26.8 Å². The molecule has 178 valence electrons. The maximum Gasteiger partial charge on any atom is 0.334 e. The zero-order valence-electron chi connectivity index (χ0n) is 19.0. The van der Waals surface area contributed by atoms with Crippen LogP contribution in [0.2, 0.25) is 0 Å². The van der Waals surface area contributed by atoms with Gasteiger partial charge < -0.3 is 25.5 Å². The van der Waals surface area contributed by atoms with Crippen molar-refractivity contribution in [2.45, 2.75) is 26.0 Å². The summed E-state index contributed by atoms with van der Waals surface area (Å²) in [5.74, 6) is -2.73. The first-order valence-electron chi connectivity index (χ1n) is 10.9. The molecule has 0 aliphatic carbocycles. The Kier molecular flexibility index (Phi) is 7.86. The molecule has 0 saturated carbocycles. The molecule has 0 bridgehead atoms. The van der Waals surface area contributed by atoms with Gasteiger partial charge in [0.05, 0.1) is 6.54 Å². The summed E-state index contributed by atoms with van der Waals surface area (Å²) in [6, 6.07) is 18.8. The molecule has 3 aromatic rings. The van der Waals surface area contributed by atoms with E-state index in [1.807, 2.05) is 50.2 Å². The fourth-order valence-electron chi connectivity index (χ4n) is 3.71. The first kappa shape index (κ1) is 24.7. The number of hydrogen-bond donors (Lipinski definition) is 4. The zero-order valence-corrected chi connectivity index (χ0v) is 19.0. The molecule has 4 N–H and O–H groups in total. The molecule has 2 atom stereocenters. The number of amides is 2. The van der Waals surface area contributed by atoms with Gasteiger partial charge in [-0.2, -0.15) is 0 Å². The molecule has 0 heterocycles. The molecule has 3 rings (SSSR count). The van der Waals surface area contributed by atoms with Gasteiger partial charge in [0.25, 0.3) is 0 Å². The smallest absolute Gasteiger partial charge is 0.334 e. The topological polar surface area (TPSA) is 127 Å². The van der Waals surface area contributed by atoms with E-state index in [2.05, 4.69) is 11.4 Å². The average Bonchev–Trinajstić information content (AvgIpc) is 2.81. The van der Waals surface area contributed by atoms with Crippen molar-refractivity contribution in [1.82, 2.24) is 10.2 Å². The Bertz CT molecular complexity index is 1180. The molecule has 0 saturated heterocycles. The highest BCUT2D eigenvalue weighted by Crippen LogP contribution is 2.26. The number of rotatable bonds is 9. The van der Waals surface area contributed by atoms with Gasteiger partial charge in [-0.05, 0) is 39.4 Å². The van der Waals surface area contributed by atoms with Gasteiger partial charge in [0.15, 0.2) is 12.1 Å². The maximum absolute atomic E-state index is 12.8. The molecular formula is C26H28N2O6. The van der Waals surface area contributed by atoms with Gasteiger partial charge in [-0.3, -0.25) is 0 Å². The minimum Gasteiger partial charge on any atom is -0.479 e. The highest BCUT2D eigenvalue weighted by Gasteiger charge is 2.28. The van der Waals surface area contributed by atoms with Gasteiger partial charge in [-0.1, -0.05) is 74.5 Å². The molecule has 8 nitrogen and oxygen atoms in total. The van der Waals surface area contributed by atoms with E-state index in [0.29, 0.717) is 5.56 Å². The maximum atomic E-state index is 12.8. The van der Waals surface area contributed by atoms with Crippen molar-refractivity contribution in [2.75, 3.05) is 13.1 Å². The molecule has 8 heteroatoms. The number of carbonyl (C=O) groups excluding carboxylic acids is 1. The van der Waals surface area contributed by atoms with Gasteiger partial charge in [0.2, 0.25) is 0 Å². The number of carboxylic acids is 2. The van der Waals surface area contributed by atoms with Crippen LogP contribution in [-0.2, 0) is 9.59 Å². The van der Waals surface area contributed by atoms with E-state index >= 15 is 0 Å². The minimum atomic E-state index is -1.77. The Hall–Kier alpha value is -3.91. The van der Waals surface area contributed by atoms with Crippen molar-refractivity contribution < 1.29 is 29.7 Å². The summed E-state index contributed by atoms with van der Waals surface area (Å²) < 4.78 is 0. The molecule has 0 spiro atoms. The Morgan fingerprint density at radius 1 is 0.824 bits per heavy atom. The number of nitrogens with zero attached hydrogens (tertiary/aromatic N) is 1. The van der Waals surface area contributed by atoms with E-state index in [-0.39, 0.29) is 12.5 Å². The van der Waals surface area contributed by atoms with E-state index in [9.17, 15) is 24.6 Å². The molecule has 1 unspecified atom stereocenters. The van der Waals surface area contributed by atoms with Crippen LogP contribution in [0.15, 0.2) is 66.7 Å². The third-order valence-corrected chi connectivity index (χ3v) is 5.39. The highest BCUT2D eigenvalue weighted by molar-refractivity contribution is 5.88. The Morgan fingerprint density at radius 3 is 2.03 bits per heavy atom. The second-order valence-corrected chi connectivity index (χ2v) is 8.56. The summed E-state index contributed by atoms with van der Waals surface area (Å²) in [5.41, 5.74) is 2.25. The molecule has 0 radical (unpaired) electrons. The van der Waals surface area contributed by atoms with E-state index < -0.39 is 36.7 Å². The summed E-state index contributed by atoms with van der Waals surface area (Å²) in [4.78, 5) is 36.8. The van der Waals surface area contributed by atoms with Crippen LogP contribution >= 0.6 is 0 Å². The quantitative estimate of drug-likeness (QED) is 0.382. The van der Waals surface area contributed by atoms with Crippen molar-refractivity contribution in [3.63, 3.8) is 0 Å². The lowest BCUT2D eigenvalue weighted by Crippen LogP contribution is -2.49. The van der Waals surface area contributed by atoms with Crippen LogP contribution in [0.3, 0.4) is 0 Å². The molecule has 0 aliphatic rings. The lowest BCUT2D eigenvalue weighted by atomic mass is 9.98. The second kappa shape index (κ2) is 10.8. The summed E-state index contributed by atoms with van der Waals surface area (Å²) in [6.07, 6.45) is -1.77. The monoisotopic (exact) mass is 464 g/mol. The number of nitrogens with one attached hydrogen (secondary N) is 1. The summed E-state index contributed by atoms with van der Waals surface area (Å²) >= 11 is 0.